The molecule has 0 bridgehead atoms. The number of methoxy groups -OCH3 is 2. The maximum atomic E-state index is 12.7. The molecule has 1 N–H and O–H groups in total. The van der Waals surface area contributed by atoms with Crippen molar-refractivity contribution in [2.45, 2.75) is 25.4 Å². The molecule has 2 aliphatic heterocycles. The minimum absolute atomic E-state index is 0.0613. The van der Waals surface area contributed by atoms with Gasteiger partial charge in [0.05, 0.1) is 44.5 Å². The molecule has 30 heavy (non-hydrogen) atoms. The SMILES string of the molecule is COc1cc2c(cc1OC)CN(CC(=O)Nc1ccnn1C1CCS(=O)(=O)C1)CC2. The highest BCUT2D eigenvalue weighted by Crippen LogP contribution is 2.33. The van der Waals surface area contributed by atoms with Crippen LogP contribution in [0.5, 0.6) is 11.5 Å². The van der Waals surface area contributed by atoms with Gasteiger partial charge in [-0.1, -0.05) is 0 Å². The van der Waals surface area contributed by atoms with Gasteiger partial charge in [-0.3, -0.25) is 9.69 Å². The maximum absolute atomic E-state index is 12.7. The Morgan fingerprint density at radius 1 is 1.23 bits per heavy atom. The van der Waals surface area contributed by atoms with Gasteiger partial charge in [-0.2, -0.15) is 5.10 Å². The topological polar surface area (TPSA) is 103 Å². The molecule has 1 fully saturated rings. The Bertz CT molecular complexity index is 1050. The maximum Gasteiger partial charge on any atom is 0.239 e. The van der Waals surface area contributed by atoms with E-state index in [0.717, 1.165) is 18.5 Å². The first kappa shape index (κ1) is 20.7. The molecule has 2 aliphatic rings. The summed E-state index contributed by atoms with van der Waals surface area (Å²) >= 11 is 0. The van der Waals surface area contributed by atoms with E-state index >= 15 is 0 Å². The predicted molar refractivity (Wildman–Crippen MR) is 112 cm³/mol. The molecule has 0 aliphatic carbocycles. The van der Waals surface area contributed by atoms with Crippen LogP contribution in [0.3, 0.4) is 0 Å². The van der Waals surface area contributed by atoms with E-state index in [0.29, 0.717) is 30.3 Å². The summed E-state index contributed by atoms with van der Waals surface area (Å²) in [7, 11) is 0.199. The summed E-state index contributed by atoms with van der Waals surface area (Å²) in [6.07, 6.45) is 2.92. The minimum atomic E-state index is -3.03. The largest absolute Gasteiger partial charge is 0.493 e. The first-order chi connectivity index (χ1) is 14.4. The van der Waals surface area contributed by atoms with Crippen molar-refractivity contribution in [2.24, 2.45) is 0 Å². The van der Waals surface area contributed by atoms with E-state index in [1.807, 2.05) is 12.1 Å². The van der Waals surface area contributed by atoms with Crippen molar-refractivity contribution < 1.29 is 22.7 Å². The van der Waals surface area contributed by atoms with Crippen LogP contribution in [0.1, 0.15) is 23.6 Å². The molecule has 9 nitrogen and oxygen atoms in total. The zero-order chi connectivity index (χ0) is 21.3. The standard InChI is InChI=1S/C20H26N4O5S/c1-28-17-9-14-4-7-23(11-15(14)10-18(17)29-2)12-20(25)22-19-3-6-21-24(19)16-5-8-30(26,27)13-16/h3,6,9-10,16H,4-5,7-8,11-13H2,1-2H3,(H,22,25). The second kappa shape index (κ2) is 8.27. The van der Waals surface area contributed by atoms with Gasteiger partial charge in [0.25, 0.3) is 0 Å². The molecule has 162 valence electrons. The second-order valence-electron chi connectivity index (χ2n) is 7.70. The number of carbonyl (C=O) groups is 1. The third-order valence-electron chi connectivity index (χ3n) is 5.66. The molecule has 1 amide bonds. The number of nitrogens with one attached hydrogen (secondary N) is 1. The van der Waals surface area contributed by atoms with E-state index in [4.69, 9.17) is 9.47 Å². The fourth-order valence-corrected chi connectivity index (χ4v) is 5.83. The summed E-state index contributed by atoms with van der Waals surface area (Å²) < 4.78 is 35.9. The molecule has 3 heterocycles. The average Bonchev–Trinajstić information content (AvgIpc) is 3.32. The Morgan fingerprint density at radius 3 is 2.63 bits per heavy atom. The van der Waals surface area contributed by atoms with E-state index in [-0.39, 0.29) is 30.0 Å². The van der Waals surface area contributed by atoms with E-state index in [9.17, 15) is 13.2 Å². The van der Waals surface area contributed by atoms with Gasteiger partial charge in [0, 0.05) is 19.2 Å². The van der Waals surface area contributed by atoms with Gasteiger partial charge in [0.2, 0.25) is 5.91 Å². The third kappa shape index (κ3) is 4.29. The fourth-order valence-electron chi connectivity index (χ4n) is 4.13. The third-order valence-corrected chi connectivity index (χ3v) is 7.41. The van der Waals surface area contributed by atoms with Gasteiger partial charge < -0.3 is 14.8 Å². The highest BCUT2D eigenvalue weighted by Gasteiger charge is 2.31. The van der Waals surface area contributed by atoms with Gasteiger partial charge in [0.1, 0.15) is 5.82 Å². The predicted octanol–water partition coefficient (Wildman–Crippen LogP) is 1.26. The Hall–Kier alpha value is -2.59. The Morgan fingerprint density at radius 2 is 1.97 bits per heavy atom. The lowest BCUT2D eigenvalue weighted by Gasteiger charge is -2.29. The summed E-state index contributed by atoms with van der Waals surface area (Å²) in [5.41, 5.74) is 2.32. The number of hydrogen-bond acceptors (Lipinski definition) is 7. The van der Waals surface area contributed by atoms with Crippen LogP contribution in [0.15, 0.2) is 24.4 Å². The van der Waals surface area contributed by atoms with Crippen LogP contribution in [-0.4, -0.2) is 67.8 Å². The minimum Gasteiger partial charge on any atom is -0.493 e. The van der Waals surface area contributed by atoms with Crippen LogP contribution in [0.4, 0.5) is 5.82 Å². The molecule has 10 heteroatoms. The van der Waals surface area contributed by atoms with Crippen molar-refractivity contribution in [3.63, 3.8) is 0 Å². The van der Waals surface area contributed by atoms with Crippen LogP contribution in [0.2, 0.25) is 0 Å². The van der Waals surface area contributed by atoms with Crippen molar-refractivity contribution in [3.8, 4) is 11.5 Å². The number of anilines is 1. The lowest BCUT2D eigenvalue weighted by atomic mass is 9.99. The normalized spacial score (nSPS) is 20.5. The van der Waals surface area contributed by atoms with Gasteiger partial charge in [-0.15, -0.1) is 0 Å². The van der Waals surface area contributed by atoms with E-state index in [1.54, 1.807) is 31.2 Å². The first-order valence-electron chi connectivity index (χ1n) is 9.88. The monoisotopic (exact) mass is 434 g/mol. The number of nitrogens with zero attached hydrogens (tertiary/aromatic N) is 3. The molecule has 1 atom stereocenters. The highest BCUT2D eigenvalue weighted by atomic mass is 32.2. The zero-order valence-electron chi connectivity index (χ0n) is 17.1. The van der Waals surface area contributed by atoms with E-state index in [2.05, 4.69) is 15.3 Å². The van der Waals surface area contributed by atoms with Crippen LogP contribution >= 0.6 is 0 Å². The quantitative estimate of drug-likeness (QED) is 0.730. The van der Waals surface area contributed by atoms with Crippen LogP contribution in [0.25, 0.3) is 0 Å². The van der Waals surface area contributed by atoms with E-state index in [1.165, 1.54) is 5.56 Å². The average molecular weight is 435 g/mol. The lowest BCUT2D eigenvalue weighted by Crippen LogP contribution is -2.37. The number of hydrogen-bond donors (Lipinski definition) is 1. The molecule has 1 saturated heterocycles. The zero-order valence-corrected chi connectivity index (χ0v) is 17.9. The van der Waals surface area contributed by atoms with Gasteiger partial charge in [-0.25, -0.2) is 13.1 Å². The van der Waals surface area contributed by atoms with Gasteiger partial charge in [-0.05, 0) is 36.1 Å². The Kier molecular flexibility index (Phi) is 5.70. The number of aromatic nitrogens is 2. The lowest BCUT2D eigenvalue weighted by molar-refractivity contribution is -0.117. The van der Waals surface area contributed by atoms with Crippen molar-refractivity contribution in [1.29, 1.82) is 0 Å². The molecule has 0 radical (unpaired) electrons. The van der Waals surface area contributed by atoms with Crippen molar-refractivity contribution >= 4 is 21.6 Å². The number of benzene rings is 1. The number of rotatable bonds is 6. The highest BCUT2D eigenvalue weighted by molar-refractivity contribution is 7.91. The molecule has 1 aromatic carbocycles. The molecule has 0 saturated carbocycles. The second-order valence-corrected chi connectivity index (χ2v) is 9.93. The number of ether oxygens (including phenoxy) is 2. The fraction of sp³-hybridized carbons (Fsp3) is 0.500. The first-order valence-corrected chi connectivity index (χ1v) is 11.7. The number of sulfone groups is 1. The molecule has 1 unspecified atom stereocenters. The number of fused-ring (bicyclic) bond motifs is 1. The van der Waals surface area contributed by atoms with Crippen molar-refractivity contribution in [2.75, 3.05) is 44.1 Å². The van der Waals surface area contributed by atoms with Gasteiger partial charge >= 0.3 is 0 Å². The molecular formula is C20H26N4O5S. The summed E-state index contributed by atoms with van der Waals surface area (Å²) in [5, 5.41) is 7.11. The van der Waals surface area contributed by atoms with Crippen molar-refractivity contribution in [3.05, 3.63) is 35.5 Å². The van der Waals surface area contributed by atoms with Crippen LogP contribution in [0, 0.1) is 0 Å². The number of carbonyl (C=O) groups excluding carboxylic acids is 1. The van der Waals surface area contributed by atoms with Crippen LogP contribution in [-0.2, 0) is 27.6 Å². The van der Waals surface area contributed by atoms with Crippen molar-refractivity contribution in [1.82, 2.24) is 14.7 Å². The van der Waals surface area contributed by atoms with E-state index < -0.39 is 9.84 Å². The molecule has 2 aromatic rings. The molecular weight excluding hydrogens is 408 g/mol. The number of amides is 1. The molecule has 1 aromatic heterocycles. The summed E-state index contributed by atoms with van der Waals surface area (Å²) in [4.78, 5) is 14.7. The van der Waals surface area contributed by atoms with Gasteiger partial charge in [0.15, 0.2) is 21.3 Å². The summed E-state index contributed by atoms with van der Waals surface area (Å²) in [6, 6.07) is 5.43. The Balaban J connectivity index is 1.40. The summed E-state index contributed by atoms with van der Waals surface area (Å²) in [5.74, 6) is 1.99. The Labute approximate surface area is 175 Å². The summed E-state index contributed by atoms with van der Waals surface area (Å²) in [6.45, 7) is 1.64. The van der Waals surface area contributed by atoms with Crippen LogP contribution < -0.4 is 14.8 Å². The smallest absolute Gasteiger partial charge is 0.239 e. The molecule has 4 rings (SSSR count). The molecule has 0 spiro atoms.